The van der Waals surface area contributed by atoms with E-state index in [1.165, 1.54) is 12.1 Å². The minimum atomic E-state index is -1.09. The summed E-state index contributed by atoms with van der Waals surface area (Å²) in [6, 6.07) is 26.2. The van der Waals surface area contributed by atoms with Crippen LogP contribution in [-0.4, -0.2) is 15.6 Å². The molecule has 0 aliphatic carbocycles. The molecule has 3 aromatic rings. The highest BCUT2D eigenvalue weighted by Gasteiger charge is 2.50. The number of hydrogen-bond acceptors (Lipinski definition) is 2. The highest BCUT2D eigenvalue weighted by atomic mass is 127. The van der Waals surface area contributed by atoms with Gasteiger partial charge in [-0.2, -0.15) is 0 Å². The summed E-state index contributed by atoms with van der Waals surface area (Å²) in [6.45, 7) is 0. The normalized spacial score (nSPS) is 27.5. The van der Waals surface area contributed by atoms with E-state index in [0.29, 0.717) is 6.42 Å². The fourth-order valence-corrected chi connectivity index (χ4v) is 4.73. The van der Waals surface area contributed by atoms with Crippen molar-refractivity contribution in [1.29, 1.82) is 0 Å². The van der Waals surface area contributed by atoms with Gasteiger partial charge in [0.25, 0.3) is 0 Å². The van der Waals surface area contributed by atoms with E-state index in [0.717, 1.165) is 21.1 Å². The van der Waals surface area contributed by atoms with Crippen LogP contribution in [0.25, 0.3) is 0 Å². The van der Waals surface area contributed by atoms with E-state index in [-0.39, 0.29) is 23.9 Å². The summed E-state index contributed by atoms with van der Waals surface area (Å²) in [5, 5.41) is 12.1. The minimum absolute atomic E-state index is 0.0965. The number of ether oxygens (including phenoxy) is 1. The number of halogens is 2. The maximum absolute atomic E-state index is 13.5. The first-order chi connectivity index (χ1) is 13.6. The molecule has 0 radical (unpaired) electrons. The lowest BCUT2D eigenvalue weighted by Crippen LogP contribution is -2.47. The summed E-state index contributed by atoms with van der Waals surface area (Å²) in [5.41, 5.74) is 1.68. The third kappa shape index (κ3) is 3.73. The summed E-state index contributed by atoms with van der Waals surface area (Å²) in [4.78, 5) is 0. The summed E-state index contributed by atoms with van der Waals surface area (Å²) >= 11 is 2.30. The Kier molecular flexibility index (Phi) is 5.80. The molecule has 1 heterocycles. The number of benzene rings is 3. The first kappa shape index (κ1) is 19.6. The molecule has 3 aromatic carbocycles. The van der Waals surface area contributed by atoms with Gasteiger partial charge in [-0.1, -0.05) is 95.4 Å². The predicted molar refractivity (Wildman–Crippen MR) is 117 cm³/mol. The van der Waals surface area contributed by atoms with Gasteiger partial charge in [0.2, 0.25) is 0 Å². The van der Waals surface area contributed by atoms with Gasteiger partial charge in [0, 0.05) is 16.8 Å². The van der Waals surface area contributed by atoms with Gasteiger partial charge < -0.3 is 9.84 Å². The van der Waals surface area contributed by atoms with E-state index < -0.39 is 5.60 Å². The molecule has 0 unspecified atom stereocenters. The summed E-state index contributed by atoms with van der Waals surface area (Å²) in [5.74, 6) is -0.583. The molecular weight excluding hydrogens is 466 g/mol. The molecule has 0 saturated carbocycles. The second kappa shape index (κ2) is 8.31. The molecule has 1 aliphatic heterocycles. The Balaban J connectivity index is 1.88. The quantitative estimate of drug-likeness (QED) is 0.374. The summed E-state index contributed by atoms with van der Waals surface area (Å²) in [7, 11) is 0. The van der Waals surface area contributed by atoms with Crippen molar-refractivity contribution in [3.05, 3.63) is 107 Å². The lowest BCUT2D eigenvalue weighted by atomic mass is 9.68. The highest BCUT2D eigenvalue weighted by molar-refractivity contribution is 14.1. The maximum Gasteiger partial charge on any atom is 0.123 e. The second-order valence-electron chi connectivity index (χ2n) is 7.27. The second-order valence-corrected chi connectivity index (χ2v) is 8.15. The number of rotatable bonds is 4. The molecule has 28 heavy (non-hydrogen) atoms. The van der Waals surface area contributed by atoms with Crippen LogP contribution in [0.3, 0.4) is 0 Å². The molecule has 0 amide bonds. The molecule has 4 rings (SSSR count). The molecule has 1 N–H and O–H groups in total. The number of aliphatic hydroxyl groups is 1. The average molecular weight is 488 g/mol. The fourth-order valence-electron chi connectivity index (χ4n) is 4.21. The van der Waals surface area contributed by atoms with E-state index in [4.69, 9.17) is 4.74 Å². The Hall–Kier alpha value is -1.76. The van der Waals surface area contributed by atoms with Gasteiger partial charge in [-0.05, 0) is 28.8 Å². The van der Waals surface area contributed by atoms with Crippen LogP contribution in [-0.2, 0) is 10.3 Å². The van der Waals surface area contributed by atoms with Crippen LogP contribution in [0.5, 0.6) is 0 Å². The molecule has 0 bridgehead atoms. The molecule has 4 atom stereocenters. The van der Waals surface area contributed by atoms with Crippen LogP contribution in [0.4, 0.5) is 4.39 Å². The summed E-state index contributed by atoms with van der Waals surface area (Å²) < 4.78 is 20.8. The monoisotopic (exact) mass is 488 g/mol. The Bertz CT molecular complexity index is 901. The number of hydrogen-bond donors (Lipinski definition) is 1. The van der Waals surface area contributed by atoms with Crippen LogP contribution in [0.15, 0.2) is 84.9 Å². The standard InChI is InChI=1S/C24H22FIO2/c25-20-13-11-18(12-14-20)23-22(17-7-3-1-4-8-17)24(27,15-21(16-26)28-23)19-9-5-2-6-10-19/h1-14,21-23,27H,15-16H2/t21-,22-,23-,24-/m0/s1. The van der Waals surface area contributed by atoms with Crippen LogP contribution in [0, 0.1) is 5.82 Å². The fraction of sp³-hybridized carbons (Fsp3) is 0.250. The van der Waals surface area contributed by atoms with Gasteiger partial charge in [-0.15, -0.1) is 0 Å². The first-order valence-electron chi connectivity index (χ1n) is 9.41. The highest BCUT2D eigenvalue weighted by Crippen LogP contribution is 2.53. The molecule has 1 fully saturated rings. The Morgan fingerprint density at radius 2 is 1.50 bits per heavy atom. The minimum Gasteiger partial charge on any atom is -0.384 e. The van der Waals surface area contributed by atoms with Crippen molar-refractivity contribution in [2.24, 2.45) is 0 Å². The predicted octanol–water partition coefficient (Wildman–Crippen LogP) is 5.76. The van der Waals surface area contributed by atoms with Crippen LogP contribution in [0.1, 0.15) is 35.1 Å². The molecule has 0 spiro atoms. The average Bonchev–Trinajstić information content (AvgIpc) is 2.75. The van der Waals surface area contributed by atoms with Crippen LogP contribution in [0.2, 0.25) is 0 Å². The van der Waals surface area contributed by atoms with E-state index in [2.05, 4.69) is 22.6 Å². The van der Waals surface area contributed by atoms with E-state index in [1.807, 2.05) is 60.7 Å². The van der Waals surface area contributed by atoms with E-state index >= 15 is 0 Å². The lowest BCUT2D eigenvalue weighted by molar-refractivity contribution is -0.160. The smallest absolute Gasteiger partial charge is 0.123 e. The van der Waals surface area contributed by atoms with Crippen molar-refractivity contribution in [2.45, 2.75) is 30.1 Å². The molecule has 1 saturated heterocycles. The maximum atomic E-state index is 13.5. The number of alkyl halides is 1. The van der Waals surface area contributed by atoms with Gasteiger partial charge in [0.15, 0.2) is 0 Å². The van der Waals surface area contributed by atoms with Crippen molar-refractivity contribution >= 4 is 22.6 Å². The molecule has 144 valence electrons. The largest absolute Gasteiger partial charge is 0.384 e. The molecule has 0 aromatic heterocycles. The third-order valence-corrected chi connectivity index (χ3v) is 6.48. The van der Waals surface area contributed by atoms with E-state index in [9.17, 15) is 9.50 Å². The SMILES string of the molecule is O[C@]1(c2ccccc2)C[C@@H](CI)O[C@@H](c2ccc(F)cc2)[C@@H]1c1ccccc1. The zero-order valence-corrected chi connectivity index (χ0v) is 17.5. The first-order valence-corrected chi connectivity index (χ1v) is 10.9. The van der Waals surface area contributed by atoms with Crippen LogP contribution >= 0.6 is 22.6 Å². The topological polar surface area (TPSA) is 29.5 Å². The van der Waals surface area contributed by atoms with Gasteiger partial charge in [0.1, 0.15) is 11.4 Å². The lowest BCUT2D eigenvalue weighted by Gasteiger charge is -2.48. The van der Waals surface area contributed by atoms with Gasteiger partial charge in [-0.25, -0.2) is 4.39 Å². The Labute approximate surface area is 178 Å². The van der Waals surface area contributed by atoms with Gasteiger partial charge in [-0.3, -0.25) is 0 Å². The van der Waals surface area contributed by atoms with Gasteiger partial charge in [0.05, 0.1) is 12.2 Å². The Morgan fingerprint density at radius 1 is 0.893 bits per heavy atom. The van der Waals surface area contributed by atoms with Crippen molar-refractivity contribution in [3.63, 3.8) is 0 Å². The van der Waals surface area contributed by atoms with Crippen molar-refractivity contribution < 1.29 is 14.2 Å². The summed E-state index contributed by atoms with van der Waals surface area (Å²) in [6.07, 6.45) is 0.0413. The zero-order valence-electron chi connectivity index (χ0n) is 15.3. The molecule has 1 aliphatic rings. The van der Waals surface area contributed by atoms with E-state index in [1.54, 1.807) is 12.1 Å². The molecule has 2 nitrogen and oxygen atoms in total. The third-order valence-electron chi connectivity index (χ3n) is 5.50. The zero-order chi connectivity index (χ0) is 19.6. The molecular formula is C24H22FIO2. The van der Waals surface area contributed by atoms with Crippen molar-refractivity contribution in [2.75, 3.05) is 4.43 Å². The van der Waals surface area contributed by atoms with Crippen molar-refractivity contribution in [3.8, 4) is 0 Å². The van der Waals surface area contributed by atoms with Crippen LogP contribution < -0.4 is 0 Å². The van der Waals surface area contributed by atoms with Gasteiger partial charge >= 0.3 is 0 Å². The molecule has 4 heteroatoms. The van der Waals surface area contributed by atoms with Crippen molar-refractivity contribution in [1.82, 2.24) is 0 Å². The Morgan fingerprint density at radius 3 is 2.11 bits per heavy atom.